The van der Waals surface area contributed by atoms with E-state index >= 15 is 0 Å². The Balaban J connectivity index is 2.20. The number of rotatable bonds is 2. The second-order valence-corrected chi connectivity index (χ2v) is 7.35. The molecular formula is C16H20ClF4N3O2. The van der Waals surface area contributed by atoms with Crippen LogP contribution in [0.5, 0.6) is 0 Å². The van der Waals surface area contributed by atoms with E-state index in [1.54, 1.807) is 20.8 Å². The molecule has 1 amide bonds. The van der Waals surface area contributed by atoms with Gasteiger partial charge in [-0.3, -0.25) is 0 Å². The Hall–Kier alpha value is -1.77. The van der Waals surface area contributed by atoms with E-state index in [1.165, 1.54) is 9.80 Å². The maximum absolute atomic E-state index is 13.5. The third kappa shape index (κ3) is 5.12. The predicted octanol–water partition coefficient (Wildman–Crippen LogP) is 4.15. The highest BCUT2D eigenvalue weighted by Crippen LogP contribution is 2.33. The van der Waals surface area contributed by atoms with Crippen molar-refractivity contribution in [3.8, 4) is 0 Å². The van der Waals surface area contributed by atoms with Gasteiger partial charge in [0, 0.05) is 19.6 Å². The van der Waals surface area contributed by atoms with Crippen LogP contribution in [0.2, 0.25) is 5.15 Å². The van der Waals surface area contributed by atoms with Crippen molar-refractivity contribution in [3.05, 3.63) is 22.8 Å². The fourth-order valence-electron chi connectivity index (χ4n) is 2.58. The first kappa shape index (κ1) is 20.5. The van der Waals surface area contributed by atoms with Gasteiger partial charge in [-0.25, -0.2) is 14.2 Å². The number of pyridine rings is 1. The molecule has 1 fully saturated rings. The molecule has 1 saturated heterocycles. The number of anilines is 1. The van der Waals surface area contributed by atoms with Crippen LogP contribution in [-0.2, 0) is 10.9 Å². The van der Waals surface area contributed by atoms with Gasteiger partial charge < -0.3 is 14.5 Å². The van der Waals surface area contributed by atoms with Gasteiger partial charge in [-0.2, -0.15) is 13.2 Å². The number of amides is 1. The van der Waals surface area contributed by atoms with Gasteiger partial charge in [0.2, 0.25) is 0 Å². The highest BCUT2D eigenvalue weighted by molar-refractivity contribution is 6.29. The summed E-state index contributed by atoms with van der Waals surface area (Å²) < 4.78 is 57.7. The van der Waals surface area contributed by atoms with Crippen LogP contribution in [0.4, 0.5) is 28.2 Å². The molecule has 0 aromatic carbocycles. The first-order valence-corrected chi connectivity index (χ1v) is 8.34. The van der Waals surface area contributed by atoms with Crippen molar-refractivity contribution in [2.75, 3.05) is 31.2 Å². The molecule has 0 bridgehead atoms. The van der Waals surface area contributed by atoms with Gasteiger partial charge >= 0.3 is 12.3 Å². The Morgan fingerprint density at radius 1 is 1.31 bits per heavy atom. The van der Waals surface area contributed by atoms with Crippen molar-refractivity contribution in [2.24, 2.45) is 0 Å². The Bertz CT molecular complexity index is 664. The molecule has 0 aliphatic carbocycles. The molecule has 0 radical (unpaired) electrons. The van der Waals surface area contributed by atoms with E-state index in [0.717, 1.165) is 6.07 Å². The van der Waals surface area contributed by atoms with Gasteiger partial charge in [0.25, 0.3) is 0 Å². The molecule has 1 aromatic heterocycles. The molecule has 2 rings (SSSR count). The summed E-state index contributed by atoms with van der Waals surface area (Å²) in [6.07, 6.45) is -5.18. The Morgan fingerprint density at radius 3 is 2.50 bits per heavy atom. The van der Waals surface area contributed by atoms with Crippen LogP contribution >= 0.6 is 11.6 Å². The van der Waals surface area contributed by atoms with E-state index < -0.39 is 36.2 Å². The fraction of sp³-hybridized carbons (Fsp3) is 0.625. The molecule has 2 heterocycles. The molecule has 0 saturated carbocycles. The average Bonchev–Trinajstić information content (AvgIpc) is 2.51. The van der Waals surface area contributed by atoms with Crippen LogP contribution in [0, 0.1) is 0 Å². The number of piperazine rings is 1. The summed E-state index contributed by atoms with van der Waals surface area (Å²) in [7, 11) is 0. The SMILES string of the molecule is CC(C)(C)OC(=O)N1CCN(c2cc(C(F)(F)F)cc(Cl)n2)C(CF)C1. The normalized spacial score (nSPS) is 18.8. The van der Waals surface area contributed by atoms with E-state index in [2.05, 4.69) is 4.98 Å². The zero-order chi connectivity index (χ0) is 19.7. The highest BCUT2D eigenvalue weighted by Gasteiger charge is 2.35. The first-order chi connectivity index (χ1) is 11.9. The topological polar surface area (TPSA) is 45.7 Å². The summed E-state index contributed by atoms with van der Waals surface area (Å²) in [4.78, 5) is 18.7. The molecule has 10 heteroatoms. The van der Waals surface area contributed by atoms with E-state index in [1.807, 2.05) is 0 Å². The van der Waals surface area contributed by atoms with E-state index in [-0.39, 0.29) is 30.6 Å². The number of halogens is 5. The summed E-state index contributed by atoms with van der Waals surface area (Å²) >= 11 is 5.70. The van der Waals surface area contributed by atoms with Crippen molar-refractivity contribution < 1.29 is 27.1 Å². The summed E-state index contributed by atoms with van der Waals surface area (Å²) in [6, 6.07) is 0.702. The lowest BCUT2D eigenvalue weighted by Crippen LogP contribution is -2.56. The van der Waals surface area contributed by atoms with E-state index in [4.69, 9.17) is 16.3 Å². The van der Waals surface area contributed by atoms with Crippen LogP contribution in [0.3, 0.4) is 0 Å². The number of carbonyl (C=O) groups excluding carboxylic acids is 1. The summed E-state index contributed by atoms with van der Waals surface area (Å²) in [5.41, 5.74) is -1.66. The van der Waals surface area contributed by atoms with Gasteiger partial charge in [-0.15, -0.1) is 0 Å². The van der Waals surface area contributed by atoms with Crippen LogP contribution in [0.1, 0.15) is 26.3 Å². The smallest absolute Gasteiger partial charge is 0.416 e. The maximum atomic E-state index is 13.5. The van der Waals surface area contributed by atoms with E-state index in [0.29, 0.717) is 6.07 Å². The number of nitrogens with zero attached hydrogens (tertiary/aromatic N) is 3. The Morgan fingerprint density at radius 2 is 1.96 bits per heavy atom. The van der Waals surface area contributed by atoms with Gasteiger partial charge in [0.1, 0.15) is 23.2 Å². The van der Waals surface area contributed by atoms with Crippen molar-refractivity contribution in [1.82, 2.24) is 9.88 Å². The number of hydrogen-bond acceptors (Lipinski definition) is 4. The number of aromatic nitrogens is 1. The van der Waals surface area contributed by atoms with Crippen molar-refractivity contribution in [1.29, 1.82) is 0 Å². The minimum absolute atomic E-state index is 0.0268. The molecule has 1 aliphatic rings. The van der Waals surface area contributed by atoms with Crippen LogP contribution in [0.25, 0.3) is 0 Å². The highest BCUT2D eigenvalue weighted by atomic mass is 35.5. The summed E-state index contributed by atoms with van der Waals surface area (Å²) in [5, 5.41) is -0.331. The van der Waals surface area contributed by atoms with Gasteiger partial charge in [0.05, 0.1) is 11.6 Å². The minimum Gasteiger partial charge on any atom is -0.444 e. The number of ether oxygens (including phenoxy) is 1. The van der Waals surface area contributed by atoms with Crippen LogP contribution in [-0.4, -0.2) is 53.9 Å². The van der Waals surface area contributed by atoms with Gasteiger partial charge in [0.15, 0.2) is 0 Å². The zero-order valence-corrected chi connectivity index (χ0v) is 15.4. The second-order valence-electron chi connectivity index (χ2n) is 6.96. The maximum Gasteiger partial charge on any atom is 0.416 e. The molecule has 146 valence electrons. The fourth-order valence-corrected chi connectivity index (χ4v) is 2.78. The molecule has 0 spiro atoms. The number of alkyl halides is 4. The van der Waals surface area contributed by atoms with Crippen molar-refractivity contribution in [2.45, 2.75) is 38.6 Å². The van der Waals surface area contributed by atoms with Crippen LogP contribution < -0.4 is 4.90 Å². The molecule has 1 unspecified atom stereocenters. The van der Waals surface area contributed by atoms with Crippen LogP contribution in [0.15, 0.2) is 12.1 Å². The largest absolute Gasteiger partial charge is 0.444 e. The third-order valence-corrected chi connectivity index (χ3v) is 3.91. The lowest BCUT2D eigenvalue weighted by molar-refractivity contribution is -0.137. The second kappa shape index (κ2) is 7.46. The zero-order valence-electron chi connectivity index (χ0n) is 14.6. The van der Waals surface area contributed by atoms with Crippen molar-refractivity contribution >= 4 is 23.5 Å². The van der Waals surface area contributed by atoms with Crippen molar-refractivity contribution in [3.63, 3.8) is 0 Å². The van der Waals surface area contributed by atoms with Gasteiger partial charge in [-0.05, 0) is 32.9 Å². The number of carbonyl (C=O) groups is 1. The molecule has 1 atom stereocenters. The summed E-state index contributed by atoms with van der Waals surface area (Å²) in [5.74, 6) is -0.0729. The first-order valence-electron chi connectivity index (χ1n) is 7.96. The standard InChI is InChI=1S/C16H20ClF4N3O2/c1-15(2,3)26-14(25)23-4-5-24(11(8-18)9-23)13-7-10(16(19,20)21)6-12(17)22-13/h6-7,11H,4-5,8-9H2,1-3H3. The monoisotopic (exact) mass is 397 g/mol. The van der Waals surface area contributed by atoms with E-state index in [9.17, 15) is 22.4 Å². The molecule has 5 nitrogen and oxygen atoms in total. The molecule has 26 heavy (non-hydrogen) atoms. The lowest BCUT2D eigenvalue weighted by Gasteiger charge is -2.41. The Labute approximate surface area is 153 Å². The molecule has 1 aliphatic heterocycles. The quantitative estimate of drug-likeness (QED) is 0.555. The molecule has 1 aromatic rings. The average molecular weight is 398 g/mol. The Kier molecular flexibility index (Phi) is 5.89. The molecule has 0 N–H and O–H groups in total. The lowest BCUT2D eigenvalue weighted by atomic mass is 10.1. The predicted molar refractivity (Wildman–Crippen MR) is 89.2 cm³/mol. The number of hydrogen-bond donors (Lipinski definition) is 0. The minimum atomic E-state index is -4.59. The summed E-state index contributed by atoms with van der Waals surface area (Å²) in [6.45, 7) is 4.52. The van der Waals surface area contributed by atoms with Gasteiger partial charge in [-0.1, -0.05) is 11.6 Å². The third-order valence-electron chi connectivity index (χ3n) is 3.71. The molecular weight excluding hydrogens is 378 g/mol.